The summed E-state index contributed by atoms with van der Waals surface area (Å²) in [5.74, 6) is 0.113. The lowest BCUT2D eigenvalue weighted by molar-refractivity contribution is -0.136. The Morgan fingerprint density at radius 2 is 2.05 bits per heavy atom. The highest BCUT2D eigenvalue weighted by molar-refractivity contribution is 7.92. The highest BCUT2D eigenvalue weighted by Gasteiger charge is 2.35. The topological polar surface area (TPSA) is 89.9 Å². The third kappa shape index (κ3) is 3.63. The smallest absolute Gasteiger partial charge is 0.303 e. The molecule has 6 nitrogen and oxygen atoms in total. The largest absolute Gasteiger partial charge is 0.493 e. The van der Waals surface area contributed by atoms with Crippen molar-refractivity contribution in [2.45, 2.75) is 18.9 Å². The fourth-order valence-corrected chi connectivity index (χ4v) is 3.16. The maximum atomic E-state index is 11.1. The number of hydrogen-bond donors (Lipinski definition) is 1. The van der Waals surface area contributed by atoms with E-state index in [2.05, 4.69) is 0 Å². The van der Waals surface area contributed by atoms with Crippen molar-refractivity contribution < 1.29 is 27.8 Å². The lowest BCUT2D eigenvalue weighted by Gasteiger charge is -2.27. The third-order valence-corrected chi connectivity index (χ3v) is 4.79. The average Bonchev–Trinajstić information content (AvgIpc) is 2.34. The number of sulfone groups is 1. The molecule has 0 spiro atoms. The molecule has 0 unspecified atom stereocenters. The molecule has 1 N–H and O–H groups in total. The van der Waals surface area contributed by atoms with Gasteiger partial charge in [-0.3, -0.25) is 4.79 Å². The van der Waals surface area contributed by atoms with Crippen LogP contribution >= 0.6 is 0 Å². The van der Waals surface area contributed by atoms with Gasteiger partial charge in [-0.25, -0.2) is 8.42 Å². The van der Waals surface area contributed by atoms with E-state index in [9.17, 15) is 13.2 Å². The van der Waals surface area contributed by atoms with Crippen LogP contribution in [-0.2, 0) is 21.1 Å². The van der Waals surface area contributed by atoms with E-state index in [0.29, 0.717) is 17.9 Å². The predicted molar refractivity (Wildman–Crippen MR) is 72.0 cm³/mol. The Bertz CT molecular complexity index is 595. The summed E-state index contributed by atoms with van der Waals surface area (Å²) in [6.45, 7) is 0. The summed E-state index contributed by atoms with van der Waals surface area (Å²) in [7, 11) is -1.45. The zero-order valence-corrected chi connectivity index (χ0v) is 11.9. The minimum absolute atomic E-state index is 0.00943. The first-order valence-electron chi connectivity index (χ1n) is 6.15. The Morgan fingerprint density at radius 3 is 2.60 bits per heavy atom. The predicted octanol–water partition coefficient (Wildman–Crippen LogP) is 0.888. The number of rotatable bonds is 6. The number of hydrogen-bond acceptors (Lipinski definition) is 5. The van der Waals surface area contributed by atoms with Crippen LogP contribution in [-0.4, -0.2) is 44.2 Å². The molecule has 1 saturated heterocycles. The van der Waals surface area contributed by atoms with E-state index in [1.165, 1.54) is 7.11 Å². The van der Waals surface area contributed by atoms with E-state index in [1.54, 1.807) is 18.2 Å². The Balaban J connectivity index is 2.08. The number of carboxylic acid groups (broad SMARTS) is 1. The van der Waals surface area contributed by atoms with Crippen molar-refractivity contribution in [2.75, 3.05) is 18.6 Å². The molecule has 7 heteroatoms. The summed E-state index contributed by atoms with van der Waals surface area (Å²) in [5.41, 5.74) is 0.811. The van der Waals surface area contributed by atoms with Gasteiger partial charge in [-0.2, -0.15) is 0 Å². The number of methoxy groups -OCH3 is 1. The molecular weight excluding hydrogens is 284 g/mol. The molecule has 1 aromatic rings. The van der Waals surface area contributed by atoms with E-state index in [0.717, 1.165) is 5.56 Å². The number of aliphatic carboxylic acids is 1. The van der Waals surface area contributed by atoms with Gasteiger partial charge in [0.1, 0.15) is 6.10 Å². The molecule has 0 bridgehead atoms. The second-order valence-electron chi connectivity index (χ2n) is 4.70. The van der Waals surface area contributed by atoms with Gasteiger partial charge >= 0.3 is 5.97 Å². The zero-order valence-electron chi connectivity index (χ0n) is 11.0. The second-order valence-corrected chi connectivity index (χ2v) is 6.85. The summed E-state index contributed by atoms with van der Waals surface area (Å²) in [4.78, 5) is 10.6. The zero-order chi connectivity index (χ0) is 14.8. The van der Waals surface area contributed by atoms with Crippen molar-refractivity contribution in [1.29, 1.82) is 0 Å². The summed E-state index contributed by atoms with van der Waals surface area (Å²) in [6.07, 6.45) is 0.0611. The maximum absolute atomic E-state index is 11.1. The molecule has 1 aliphatic heterocycles. The van der Waals surface area contributed by atoms with Gasteiger partial charge in [0.15, 0.2) is 21.3 Å². The summed E-state index contributed by atoms with van der Waals surface area (Å²) in [5, 5.41) is 8.67. The van der Waals surface area contributed by atoms with Gasteiger partial charge in [0.05, 0.1) is 18.6 Å². The van der Waals surface area contributed by atoms with Crippen LogP contribution in [0.5, 0.6) is 11.5 Å². The summed E-state index contributed by atoms with van der Waals surface area (Å²) >= 11 is 0. The maximum Gasteiger partial charge on any atom is 0.303 e. The van der Waals surface area contributed by atoms with Crippen molar-refractivity contribution in [3.8, 4) is 11.5 Å². The summed E-state index contributed by atoms with van der Waals surface area (Å²) in [6, 6.07) is 5.17. The number of aryl methyl sites for hydroxylation is 1. The Kier molecular flexibility index (Phi) is 4.17. The molecule has 20 heavy (non-hydrogen) atoms. The molecule has 0 amide bonds. The van der Waals surface area contributed by atoms with Crippen molar-refractivity contribution in [2.24, 2.45) is 0 Å². The van der Waals surface area contributed by atoms with Gasteiger partial charge in [0.2, 0.25) is 0 Å². The quantitative estimate of drug-likeness (QED) is 0.839. The number of carboxylic acids is 1. The Morgan fingerprint density at radius 1 is 1.35 bits per heavy atom. The van der Waals surface area contributed by atoms with Crippen LogP contribution in [0.3, 0.4) is 0 Å². The first kappa shape index (κ1) is 14.6. The number of benzene rings is 1. The highest BCUT2D eigenvalue weighted by atomic mass is 32.2. The fourth-order valence-electron chi connectivity index (χ4n) is 1.99. The van der Waals surface area contributed by atoms with Crippen LogP contribution in [0.4, 0.5) is 0 Å². The van der Waals surface area contributed by atoms with E-state index in [1.807, 2.05) is 0 Å². The highest BCUT2D eigenvalue weighted by Crippen LogP contribution is 2.31. The van der Waals surface area contributed by atoms with E-state index in [-0.39, 0.29) is 24.0 Å². The molecule has 0 aromatic heterocycles. The molecule has 0 aliphatic carbocycles. The Labute approximate surface area is 117 Å². The van der Waals surface area contributed by atoms with Crippen LogP contribution in [0.2, 0.25) is 0 Å². The van der Waals surface area contributed by atoms with Gasteiger partial charge in [0.25, 0.3) is 0 Å². The first-order chi connectivity index (χ1) is 9.39. The van der Waals surface area contributed by atoms with Crippen LogP contribution < -0.4 is 9.47 Å². The van der Waals surface area contributed by atoms with Crippen molar-refractivity contribution in [3.05, 3.63) is 23.8 Å². The number of carbonyl (C=O) groups is 1. The van der Waals surface area contributed by atoms with Crippen molar-refractivity contribution in [3.63, 3.8) is 0 Å². The van der Waals surface area contributed by atoms with Gasteiger partial charge < -0.3 is 14.6 Å². The van der Waals surface area contributed by atoms with Crippen LogP contribution in [0.15, 0.2) is 18.2 Å². The van der Waals surface area contributed by atoms with Gasteiger partial charge in [0, 0.05) is 6.42 Å². The molecule has 0 saturated carbocycles. The molecule has 1 heterocycles. The standard InChI is InChI=1S/C13H16O6S/c1-18-11-4-2-9(3-5-13(14)15)6-12(11)19-10-7-20(16,17)8-10/h2,4,6,10H,3,5,7-8H2,1H3,(H,14,15). The molecule has 110 valence electrons. The van der Waals surface area contributed by atoms with Crippen LogP contribution in [0, 0.1) is 0 Å². The fraction of sp³-hybridized carbons (Fsp3) is 0.462. The van der Waals surface area contributed by atoms with Crippen molar-refractivity contribution >= 4 is 15.8 Å². The third-order valence-electron chi connectivity index (χ3n) is 3.03. The molecule has 0 radical (unpaired) electrons. The van der Waals surface area contributed by atoms with Crippen LogP contribution in [0.1, 0.15) is 12.0 Å². The number of ether oxygens (including phenoxy) is 2. The first-order valence-corrected chi connectivity index (χ1v) is 7.97. The van der Waals surface area contributed by atoms with E-state index < -0.39 is 15.8 Å². The van der Waals surface area contributed by atoms with Gasteiger partial charge in [-0.1, -0.05) is 6.07 Å². The SMILES string of the molecule is COc1ccc(CCC(=O)O)cc1OC1CS(=O)(=O)C1. The minimum atomic E-state index is -2.95. The van der Waals surface area contributed by atoms with Crippen LogP contribution in [0.25, 0.3) is 0 Å². The molecule has 2 rings (SSSR count). The monoisotopic (exact) mass is 300 g/mol. The minimum Gasteiger partial charge on any atom is -0.493 e. The molecule has 1 fully saturated rings. The van der Waals surface area contributed by atoms with Gasteiger partial charge in [-0.05, 0) is 24.1 Å². The van der Waals surface area contributed by atoms with E-state index >= 15 is 0 Å². The summed E-state index contributed by atoms with van der Waals surface area (Å²) < 4.78 is 33.0. The van der Waals surface area contributed by atoms with Gasteiger partial charge in [-0.15, -0.1) is 0 Å². The lowest BCUT2D eigenvalue weighted by atomic mass is 10.1. The molecule has 1 aromatic carbocycles. The average molecular weight is 300 g/mol. The Hall–Kier alpha value is -1.76. The normalized spacial score (nSPS) is 17.2. The molecule has 0 atom stereocenters. The lowest BCUT2D eigenvalue weighted by Crippen LogP contribution is -2.45. The molecule has 1 aliphatic rings. The molecular formula is C13H16O6S. The second kappa shape index (κ2) is 5.70. The van der Waals surface area contributed by atoms with Crippen molar-refractivity contribution in [1.82, 2.24) is 0 Å². The van der Waals surface area contributed by atoms with E-state index in [4.69, 9.17) is 14.6 Å².